The molecule has 0 aliphatic rings. The van der Waals surface area contributed by atoms with Gasteiger partial charge < -0.3 is 5.32 Å². The number of hydrogen-bond acceptors (Lipinski definition) is 3. The lowest BCUT2D eigenvalue weighted by Crippen LogP contribution is -2.35. The van der Waals surface area contributed by atoms with Gasteiger partial charge in [0.15, 0.2) is 9.84 Å². The molecule has 0 bridgehead atoms. The molecular formula is C13H20ClNO2S. The Labute approximate surface area is 114 Å². The highest BCUT2D eigenvalue weighted by atomic mass is 35.5. The first kappa shape index (κ1) is 15.5. The van der Waals surface area contributed by atoms with E-state index in [-0.39, 0.29) is 17.5 Å². The second kappa shape index (κ2) is 7.12. The molecule has 0 aromatic heterocycles. The molecule has 0 aliphatic carbocycles. The van der Waals surface area contributed by atoms with Gasteiger partial charge in [0.25, 0.3) is 0 Å². The molecule has 1 atom stereocenters. The lowest BCUT2D eigenvalue weighted by atomic mass is 10.2. The van der Waals surface area contributed by atoms with Crippen LogP contribution in [0.3, 0.4) is 0 Å². The molecule has 1 aromatic carbocycles. The van der Waals surface area contributed by atoms with Gasteiger partial charge in [0.2, 0.25) is 0 Å². The molecule has 0 fully saturated rings. The van der Waals surface area contributed by atoms with Gasteiger partial charge in [-0.15, -0.1) is 0 Å². The second-order valence-corrected chi connectivity index (χ2v) is 6.89. The van der Waals surface area contributed by atoms with E-state index in [2.05, 4.69) is 5.32 Å². The average Bonchev–Trinajstić information content (AvgIpc) is 2.31. The summed E-state index contributed by atoms with van der Waals surface area (Å²) < 4.78 is 24.1. The third kappa shape index (κ3) is 5.38. The van der Waals surface area contributed by atoms with Crippen molar-refractivity contribution in [2.45, 2.75) is 32.1 Å². The van der Waals surface area contributed by atoms with Crippen molar-refractivity contribution >= 4 is 21.4 Å². The van der Waals surface area contributed by atoms with Gasteiger partial charge in [0.1, 0.15) is 0 Å². The minimum absolute atomic E-state index is 0.0345. The Balaban J connectivity index is 2.66. The Bertz CT molecular complexity index is 456. The Kier molecular flexibility index (Phi) is 6.12. The van der Waals surface area contributed by atoms with Crippen LogP contribution in [0.1, 0.15) is 25.8 Å². The van der Waals surface area contributed by atoms with Gasteiger partial charge in [-0.3, -0.25) is 0 Å². The molecule has 1 unspecified atom stereocenters. The summed E-state index contributed by atoms with van der Waals surface area (Å²) in [6, 6.07) is 6.98. The molecule has 0 spiro atoms. The summed E-state index contributed by atoms with van der Waals surface area (Å²) in [5.41, 5.74) is 0.783. The molecule has 0 aliphatic heterocycles. The zero-order chi connectivity index (χ0) is 13.6. The summed E-state index contributed by atoms with van der Waals surface area (Å²) >= 11 is 5.77. The van der Waals surface area contributed by atoms with Crippen LogP contribution in [0.2, 0.25) is 5.02 Å². The second-order valence-electron chi connectivity index (χ2n) is 4.34. The molecule has 1 rings (SSSR count). The van der Waals surface area contributed by atoms with Gasteiger partial charge in [0.05, 0.1) is 11.5 Å². The summed E-state index contributed by atoms with van der Waals surface area (Å²) in [6.45, 7) is 4.76. The van der Waals surface area contributed by atoms with E-state index in [0.717, 1.165) is 18.5 Å². The van der Waals surface area contributed by atoms with Crippen LogP contribution in [0, 0.1) is 0 Å². The van der Waals surface area contributed by atoms with E-state index in [4.69, 9.17) is 11.6 Å². The number of nitrogens with one attached hydrogen (secondary N) is 1. The number of rotatable bonds is 7. The maximum Gasteiger partial charge on any atom is 0.155 e. The third-order valence-electron chi connectivity index (χ3n) is 2.74. The fourth-order valence-electron chi connectivity index (χ4n) is 1.81. The Morgan fingerprint density at radius 2 is 1.83 bits per heavy atom. The van der Waals surface area contributed by atoms with Crippen molar-refractivity contribution in [3.8, 4) is 0 Å². The molecule has 18 heavy (non-hydrogen) atoms. The van der Waals surface area contributed by atoms with Crippen molar-refractivity contribution in [2.24, 2.45) is 0 Å². The molecule has 1 aromatic rings. The fraction of sp³-hybridized carbons (Fsp3) is 0.538. The molecule has 0 saturated heterocycles. The smallest absolute Gasteiger partial charge is 0.155 e. The van der Waals surface area contributed by atoms with E-state index in [1.54, 1.807) is 24.3 Å². The maximum atomic E-state index is 12.1. The zero-order valence-electron chi connectivity index (χ0n) is 10.8. The van der Waals surface area contributed by atoms with Crippen LogP contribution < -0.4 is 5.32 Å². The largest absolute Gasteiger partial charge is 0.313 e. The number of sulfone groups is 1. The van der Waals surface area contributed by atoms with Crippen LogP contribution in [0.4, 0.5) is 0 Å². The van der Waals surface area contributed by atoms with Crippen molar-refractivity contribution in [3.63, 3.8) is 0 Å². The van der Waals surface area contributed by atoms with Crippen LogP contribution >= 0.6 is 11.6 Å². The van der Waals surface area contributed by atoms with Crippen LogP contribution in [-0.4, -0.2) is 26.8 Å². The van der Waals surface area contributed by atoms with Crippen LogP contribution in [0.5, 0.6) is 0 Å². The van der Waals surface area contributed by atoms with Gasteiger partial charge >= 0.3 is 0 Å². The Hall–Kier alpha value is -0.580. The molecule has 3 nitrogen and oxygen atoms in total. The molecule has 102 valence electrons. The minimum atomic E-state index is -3.09. The van der Waals surface area contributed by atoms with Crippen molar-refractivity contribution in [1.29, 1.82) is 0 Å². The lowest BCUT2D eigenvalue weighted by molar-refractivity contribution is 0.533. The highest BCUT2D eigenvalue weighted by Gasteiger charge is 2.17. The Morgan fingerprint density at radius 3 is 2.33 bits per heavy atom. The van der Waals surface area contributed by atoms with E-state index in [1.165, 1.54) is 0 Å². The average molecular weight is 290 g/mol. The molecule has 0 radical (unpaired) electrons. The first-order chi connectivity index (χ1) is 8.46. The lowest BCUT2D eigenvalue weighted by Gasteiger charge is -2.15. The predicted molar refractivity (Wildman–Crippen MR) is 76.7 cm³/mol. The normalized spacial score (nSPS) is 13.5. The van der Waals surface area contributed by atoms with E-state index < -0.39 is 9.84 Å². The third-order valence-corrected chi connectivity index (χ3v) is 4.68. The Morgan fingerprint density at radius 1 is 1.22 bits per heavy atom. The van der Waals surface area contributed by atoms with Crippen molar-refractivity contribution in [3.05, 3.63) is 34.9 Å². The number of halogens is 1. The van der Waals surface area contributed by atoms with Crippen LogP contribution in [-0.2, 0) is 15.6 Å². The first-order valence-corrected chi connectivity index (χ1v) is 8.35. The molecular weight excluding hydrogens is 270 g/mol. The SMILES string of the molecule is CCNC(CC)CS(=O)(=O)Cc1ccc(Cl)cc1. The summed E-state index contributed by atoms with van der Waals surface area (Å²) in [4.78, 5) is 0. The summed E-state index contributed by atoms with van der Waals surface area (Å²) in [6.07, 6.45) is 0.813. The summed E-state index contributed by atoms with van der Waals surface area (Å²) in [7, 11) is -3.09. The zero-order valence-corrected chi connectivity index (χ0v) is 12.4. The molecule has 0 amide bonds. The standard InChI is InChI=1S/C13H20ClNO2S/c1-3-13(15-4-2)10-18(16,17)9-11-5-7-12(14)8-6-11/h5-8,13,15H,3-4,9-10H2,1-2H3. The van der Waals surface area contributed by atoms with Crippen molar-refractivity contribution in [1.82, 2.24) is 5.32 Å². The fourth-order valence-corrected chi connectivity index (χ4v) is 3.72. The molecule has 0 saturated carbocycles. The van der Waals surface area contributed by atoms with Gasteiger partial charge in [-0.2, -0.15) is 0 Å². The maximum absolute atomic E-state index is 12.1. The minimum Gasteiger partial charge on any atom is -0.313 e. The number of benzene rings is 1. The highest BCUT2D eigenvalue weighted by molar-refractivity contribution is 7.90. The summed E-state index contributed by atoms with van der Waals surface area (Å²) in [5.74, 6) is 0.256. The monoisotopic (exact) mass is 289 g/mol. The molecule has 1 N–H and O–H groups in total. The van der Waals surface area contributed by atoms with E-state index in [9.17, 15) is 8.42 Å². The summed E-state index contributed by atoms with van der Waals surface area (Å²) in [5, 5.41) is 3.80. The van der Waals surface area contributed by atoms with Gasteiger partial charge in [0, 0.05) is 11.1 Å². The molecule has 5 heteroatoms. The van der Waals surface area contributed by atoms with E-state index in [1.807, 2.05) is 13.8 Å². The van der Waals surface area contributed by atoms with Gasteiger partial charge in [-0.05, 0) is 30.7 Å². The topological polar surface area (TPSA) is 46.2 Å². The van der Waals surface area contributed by atoms with Gasteiger partial charge in [-0.25, -0.2) is 8.42 Å². The highest BCUT2D eigenvalue weighted by Crippen LogP contribution is 2.13. The van der Waals surface area contributed by atoms with Crippen LogP contribution in [0.15, 0.2) is 24.3 Å². The van der Waals surface area contributed by atoms with Crippen molar-refractivity contribution < 1.29 is 8.42 Å². The first-order valence-electron chi connectivity index (χ1n) is 6.15. The quantitative estimate of drug-likeness (QED) is 0.839. The van der Waals surface area contributed by atoms with Crippen molar-refractivity contribution in [2.75, 3.05) is 12.3 Å². The number of hydrogen-bond donors (Lipinski definition) is 1. The van der Waals surface area contributed by atoms with Gasteiger partial charge in [-0.1, -0.05) is 37.6 Å². The van der Waals surface area contributed by atoms with E-state index >= 15 is 0 Å². The predicted octanol–water partition coefficient (Wildman–Crippen LogP) is 2.64. The van der Waals surface area contributed by atoms with Crippen LogP contribution in [0.25, 0.3) is 0 Å². The molecule has 0 heterocycles. The van der Waals surface area contributed by atoms with E-state index in [0.29, 0.717) is 5.02 Å².